The Bertz CT molecular complexity index is 1040. The lowest BCUT2D eigenvalue weighted by Crippen LogP contribution is -2.23. The molecule has 4 rings (SSSR count). The number of nitrogens with one attached hydrogen (secondary N) is 1. The Labute approximate surface area is 141 Å². The molecular weight excluding hydrogens is 323 g/mol. The van der Waals surface area contributed by atoms with Crippen LogP contribution in [-0.2, 0) is 0 Å². The highest BCUT2D eigenvalue weighted by Crippen LogP contribution is 2.21. The second-order valence-electron chi connectivity index (χ2n) is 5.62. The summed E-state index contributed by atoms with van der Waals surface area (Å²) in [6.45, 7) is 1.92. The Morgan fingerprint density at radius 2 is 2.20 bits per heavy atom. The molecule has 1 aliphatic rings. The van der Waals surface area contributed by atoms with Crippen LogP contribution in [0.5, 0.6) is 0 Å². The third kappa shape index (κ3) is 2.67. The van der Waals surface area contributed by atoms with Gasteiger partial charge in [-0.05, 0) is 25.1 Å². The maximum Gasteiger partial charge on any atom is 0.225 e. The van der Waals surface area contributed by atoms with Gasteiger partial charge in [-0.25, -0.2) is 4.68 Å². The molecule has 124 valence electrons. The van der Waals surface area contributed by atoms with Gasteiger partial charge in [-0.1, -0.05) is 0 Å². The first-order chi connectivity index (χ1) is 12.2. The first-order valence-electron chi connectivity index (χ1n) is 7.58. The minimum Gasteiger partial charge on any atom is -0.374 e. The summed E-state index contributed by atoms with van der Waals surface area (Å²) in [4.78, 5) is 23.2. The summed E-state index contributed by atoms with van der Waals surface area (Å²) in [5.74, 6) is -0.538. The number of hydrogen-bond donors (Lipinski definition) is 1. The zero-order valence-corrected chi connectivity index (χ0v) is 13.2. The molecule has 4 heterocycles. The maximum absolute atomic E-state index is 13.8. The van der Waals surface area contributed by atoms with Crippen LogP contribution in [0.4, 0.5) is 4.39 Å². The number of rotatable bonds is 3. The number of aliphatic imine (C=N–C) groups is 1. The average Bonchev–Trinajstić information content (AvgIpc) is 3.04. The van der Waals surface area contributed by atoms with E-state index in [1.54, 1.807) is 30.9 Å². The summed E-state index contributed by atoms with van der Waals surface area (Å²) < 4.78 is 15.3. The van der Waals surface area contributed by atoms with Crippen molar-refractivity contribution in [1.29, 1.82) is 0 Å². The summed E-state index contributed by atoms with van der Waals surface area (Å²) in [5.41, 5.74) is 2.34. The van der Waals surface area contributed by atoms with Gasteiger partial charge in [-0.15, -0.1) is 0 Å². The first-order valence-corrected chi connectivity index (χ1v) is 7.58. The van der Waals surface area contributed by atoms with Crippen LogP contribution in [0.3, 0.4) is 0 Å². The van der Waals surface area contributed by atoms with E-state index < -0.39 is 5.95 Å². The smallest absolute Gasteiger partial charge is 0.225 e. The Morgan fingerprint density at radius 3 is 2.96 bits per heavy atom. The fourth-order valence-electron chi connectivity index (χ4n) is 2.64. The number of fused-ring (bicyclic) bond motifs is 1. The SMILES string of the molecule is CC1=CN=CC(c2cc3c(cn2)cnn3-c2ccc(C=O)c(F)n2)N1. The second kappa shape index (κ2) is 5.90. The standard InChI is InChI=1S/C17H13FN6O/c1-10-5-19-8-14(22-10)13-4-15-12(6-20-13)7-21-24(15)16-3-2-11(9-25)17(18)23-16/h2-9,14,22H,1H3. The van der Waals surface area contributed by atoms with Crippen molar-refractivity contribution in [2.24, 2.45) is 4.99 Å². The van der Waals surface area contributed by atoms with E-state index >= 15 is 0 Å². The molecular formula is C17H13FN6O. The van der Waals surface area contributed by atoms with Crippen LogP contribution in [0.1, 0.15) is 29.0 Å². The van der Waals surface area contributed by atoms with Gasteiger partial charge in [0.1, 0.15) is 6.04 Å². The number of aldehydes is 1. The fraction of sp³-hybridized carbons (Fsp3) is 0.118. The normalized spacial score (nSPS) is 16.6. The molecule has 8 heteroatoms. The first kappa shape index (κ1) is 15.1. The van der Waals surface area contributed by atoms with Gasteiger partial charge in [0.2, 0.25) is 5.95 Å². The third-order valence-electron chi connectivity index (χ3n) is 3.89. The minimum atomic E-state index is -0.827. The van der Waals surface area contributed by atoms with Crippen LogP contribution < -0.4 is 5.32 Å². The van der Waals surface area contributed by atoms with Crippen LogP contribution in [-0.4, -0.2) is 32.2 Å². The fourth-order valence-corrected chi connectivity index (χ4v) is 2.64. The quantitative estimate of drug-likeness (QED) is 0.586. The zero-order chi connectivity index (χ0) is 17.4. The van der Waals surface area contributed by atoms with E-state index in [9.17, 15) is 9.18 Å². The molecule has 0 fully saturated rings. The molecule has 0 saturated carbocycles. The van der Waals surface area contributed by atoms with Crippen LogP contribution in [0, 0.1) is 5.95 Å². The molecule has 25 heavy (non-hydrogen) atoms. The third-order valence-corrected chi connectivity index (χ3v) is 3.89. The van der Waals surface area contributed by atoms with Crippen molar-refractivity contribution in [2.75, 3.05) is 0 Å². The van der Waals surface area contributed by atoms with Crippen molar-refractivity contribution in [3.63, 3.8) is 0 Å². The van der Waals surface area contributed by atoms with Crippen LogP contribution in [0.15, 0.2) is 47.5 Å². The molecule has 7 nitrogen and oxygen atoms in total. The van der Waals surface area contributed by atoms with E-state index in [1.165, 1.54) is 10.7 Å². The van der Waals surface area contributed by atoms with Gasteiger partial charge in [0.05, 0.1) is 23.0 Å². The summed E-state index contributed by atoms with van der Waals surface area (Å²) >= 11 is 0. The summed E-state index contributed by atoms with van der Waals surface area (Å²) in [6.07, 6.45) is 7.26. The Hall–Kier alpha value is -3.42. The molecule has 3 aromatic heterocycles. The average molecular weight is 336 g/mol. The van der Waals surface area contributed by atoms with E-state index in [2.05, 4.69) is 25.4 Å². The van der Waals surface area contributed by atoms with E-state index in [0.29, 0.717) is 6.29 Å². The lowest BCUT2D eigenvalue weighted by Gasteiger charge is -2.18. The molecule has 1 unspecified atom stereocenters. The number of carbonyl (C=O) groups excluding carboxylic acids is 1. The van der Waals surface area contributed by atoms with Gasteiger partial charge < -0.3 is 5.32 Å². The van der Waals surface area contributed by atoms with Crippen LogP contribution in [0.25, 0.3) is 16.7 Å². The van der Waals surface area contributed by atoms with Gasteiger partial charge in [-0.3, -0.25) is 14.8 Å². The lowest BCUT2D eigenvalue weighted by molar-refractivity contribution is 0.111. The van der Waals surface area contributed by atoms with Crippen molar-refractivity contribution in [3.05, 3.63) is 59.7 Å². The molecule has 0 aliphatic carbocycles. The van der Waals surface area contributed by atoms with Crippen LogP contribution in [0.2, 0.25) is 0 Å². The number of carbonyl (C=O) groups is 1. The van der Waals surface area contributed by atoms with Gasteiger partial charge in [0.15, 0.2) is 12.1 Å². The molecule has 0 radical (unpaired) electrons. The van der Waals surface area contributed by atoms with E-state index in [1.807, 2.05) is 13.0 Å². The Morgan fingerprint density at radius 1 is 1.32 bits per heavy atom. The summed E-state index contributed by atoms with van der Waals surface area (Å²) in [5, 5.41) is 8.33. The van der Waals surface area contributed by atoms with Gasteiger partial charge in [0.25, 0.3) is 0 Å². The van der Waals surface area contributed by atoms with E-state index in [-0.39, 0.29) is 17.4 Å². The molecule has 0 bridgehead atoms. The van der Waals surface area contributed by atoms with Gasteiger partial charge in [-0.2, -0.15) is 14.5 Å². The predicted molar refractivity (Wildman–Crippen MR) is 90.1 cm³/mol. The minimum absolute atomic E-state index is 0.0903. The van der Waals surface area contributed by atoms with Crippen molar-refractivity contribution in [1.82, 2.24) is 25.1 Å². The van der Waals surface area contributed by atoms with Gasteiger partial charge >= 0.3 is 0 Å². The lowest BCUT2D eigenvalue weighted by atomic mass is 10.1. The highest BCUT2D eigenvalue weighted by molar-refractivity contribution is 5.81. The van der Waals surface area contributed by atoms with Crippen molar-refractivity contribution < 1.29 is 9.18 Å². The second-order valence-corrected chi connectivity index (χ2v) is 5.62. The van der Waals surface area contributed by atoms with Crippen molar-refractivity contribution in [2.45, 2.75) is 13.0 Å². The largest absolute Gasteiger partial charge is 0.374 e. The molecule has 1 aliphatic heterocycles. The Kier molecular flexibility index (Phi) is 3.57. The Balaban J connectivity index is 1.79. The summed E-state index contributed by atoms with van der Waals surface area (Å²) in [7, 11) is 0. The number of nitrogens with zero attached hydrogens (tertiary/aromatic N) is 5. The van der Waals surface area contributed by atoms with E-state index in [0.717, 1.165) is 22.3 Å². The number of allylic oxidation sites excluding steroid dienone is 1. The molecule has 0 spiro atoms. The van der Waals surface area contributed by atoms with E-state index in [4.69, 9.17) is 0 Å². The number of pyridine rings is 2. The number of aromatic nitrogens is 4. The predicted octanol–water partition coefficient (Wildman–Crippen LogP) is 2.34. The molecule has 1 atom stereocenters. The number of halogens is 1. The zero-order valence-electron chi connectivity index (χ0n) is 13.2. The molecule has 0 saturated heterocycles. The monoisotopic (exact) mass is 336 g/mol. The topological polar surface area (TPSA) is 85.1 Å². The molecule has 1 N–H and O–H groups in total. The van der Waals surface area contributed by atoms with Gasteiger partial charge in [0, 0.05) is 29.7 Å². The van der Waals surface area contributed by atoms with Crippen LogP contribution >= 0.6 is 0 Å². The number of hydrogen-bond acceptors (Lipinski definition) is 6. The maximum atomic E-state index is 13.8. The molecule has 0 amide bonds. The highest BCUT2D eigenvalue weighted by atomic mass is 19.1. The molecule has 0 aromatic carbocycles. The van der Waals surface area contributed by atoms with Crippen molar-refractivity contribution in [3.8, 4) is 5.82 Å². The van der Waals surface area contributed by atoms with Crippen molar-refractivity contribution >= 4 is 23.4 Å². The highest BCUT2D eigenvalue weighted by Gasteiger charge is 2.16. The molecule has 3 aromatic rings. The summed E-state index contributed by atoms with van der Waals surface area (Å²) in [6, 6.07) is 4.63.